The number of benzene rings is 1. The molecule has 1 aromatic carbocycles. The first-order chi connectivity index (χ1) is 10.2. The predicted molar refractivity (Wildman–Crippen MR) is 78.3 cm³/mol. The van der Waals surface area contributed by atoms with E-state index in [1.807, 2.05) is 13.0 Å². The van der Waals surface area contributed by atoms with Gasteiger partial charge in [-0.3, -0.25) is 4.98 Å². The van der Waals surface area contributed by atoms with Crippen LogP contribution in [0, 0.1) is 24.6 Å². The van der Waals surface area contributed by atoms with E-state index in [9.17, 15) is 4.39 Å². The van der Waals surface area contributed by atoms with Gasteiger partial charge in [0.1, 0.15) is 18.2 Å². The lowest BCUT2D eigenvalue weighted by atomic mass is 10.2. The number of ether oxygens (including phenoxy) is 1. The van der Waals surface area contributed by atoms with Crippen molar-refractivity contribution in [3.8, 4) is 17.6 Å². The quantitative estimate of drug-likeness (QED) is 0.878. The van der Waals surface area contributed by atoms with Crippen molar-refractivity contribution in [3.05, 3.63) is 59.2 Å². The minimum atomic E-state index is -0.375. The lowest BCUT2D eigenvalue weighted by molar-refractivity contribution is 0.302. The van der Waals surface area contributed by atoms with Crippen LogP contribution in [0.25, 0.3) is 0 Å². The van der Waals surface area contributed by atoms with Gasteiger partial charge in [-0.25, -0.2) is 4.39 Å². The van der Waals surface area contributed by atoms with Crippen molar-refractivity contribution in [1.29, 1.82) is 0 Å². The fourth-order valence-corrected chi connectivity index (χ4v) is 1.79. The molecular weight excluding hydrogens is 269 g/mol. The number of pyridine rings is 1. The number of hydrogen-bond donors (Lipinski definition) is 1. The van der Waals surface area contributed by atoms with Crippen LogP contribution in [0.1, 0.15) is 23.1 Å². The van der Waals surface area contributed by atoms with Gasteiger partial charge in [0, 0.05) is 30.4 Å². The van der Waals surface area contributed by atoms with Crippen LogP contribution in [0.2, 0.25) is 0 Å². The van der Waals surface area contributed by atoms with Gasteiger partial charge in [0.05, 0.1) is 12.2 Å². The SMILES string of the molecule is Cc1cncc(COc2cc(F)ccc2C#CCCO)c1. The Morgan fingerprint density at radius 2 is 2.14 bits per heavy atom. The normalized spacial score (nSPS) is 9.86. The lowest BCUT2D eigenvalue weighted by Gasteiger charge is -2.09. The van der Waals surface area contributed by atoms with E-state index >= 15 is 0 Å². The molecule has 0 atom stereocenters. The van der Waals surface area contributed by atoms with Crippen LogP contribution in [-0.4, -0.2) is 16.7 Å². The molecule has 2 aromatic rings. The van der Waals surface area contributed by atoms with Crippen LogP contribution in [0.5, 0.6) is 5.75 Å². The van der Waals surface area contributed by atoms with Crippen molar-refractivity contribution >= 4 is 0 Å². The van der Waals surface area contributed by atoms with E-state index in [4.69, 9.17) is 9.84 Å². The molecule has 1 N–H and O–H groups in total. The highest BCUT2D eigenvalue weighted by Crippen LogP contribution is 2.20. The van der Waals surface area contributed by atoms with Crippen molar-refractivity contribution in [3.63, 3.8) is 0 Å². The molecule has 0 unspecified atom stereocenters. The van der Waals surface area contributed by atoms with Gasteiger partial charge < -0.3 is 9.84 Å². The lowest BCUT2D eigenvalue weighted by Crippen LogP contribution is -1.99. The maximum Gasteiger partial charge on any atom is 0.138 e. The molecule has 0 fully saturated rings. The standard InChI is InChI=1S/C17H16FNO2/c1-13-8-14(11-19-10-13)12-21-17-9-16(18)6-5-15(17)4-2-3-7-20/h5-6,8-11,20H,3,7,12H2,1H3. The predicted octanol–water partition coefficient (Wildman–Crippen LogP) is 2.84. The molecule has 0 amide bonds. The number of aryl methyl sites for hydroxylation is 1. The second-order valence-corrected chi connectivity index (χ2v) is 4.58. The van der Waals surface area contributed by atoms with Gasteiger partial charge in [-0.05, 0) is 30.7 Å². The molecule has 0 saturated heterocycles. The molecule has 0 aliphatic heterocycles. The van der Waals surface area contributed by atoms with E-state index in [1.54, 1.807) is 18.5 Å². The van der Waals surface area contributed by atoms with Crippen LogP contribution in [0.3, 0.4) is 0 Å². The number of halogens is 1. The molecule has 3 nitrogen and oxygen atoms in total. The third-order valence-corrected chi connectivity index (χ3v) is 2.73. The highest BCUT2D eigenvalue weighted by molar-refractivity contribution is 5.46. The largest absolute Gasteiger partial charge is 0.487 e. The summed E-state index contributed by atoms with van der Waals surface area (Å²) in [5, 5.41) is 8.74. The monoisotopic (exact) mass is 285 g/mol. The van der Waals surface area contributed by atoms with Crippen molar-refractivity contribution in [2.24, 2.45) is 0 Å². The van der Waals surface area contributed by atoms with Gasteiger partial charge in [-0.2, -0.15) is 0 Å². The molecule has 4 heteroatoms. The van der Waals surface area contributed by atoms with E-state index < -0.39 is 0 Å². The summed E-state index contributed by atoms with van der Waals surface area (Å²) in [7, 11) is 0. The first-order valence-electron chi connectivity index (χ1n) is 6.61. The minimum absolute atomic E-state index is 0.000648. The summed E-state index contributed by atoms with van der Waals surface area (Å²) in [5.74, 6) is 5.69. The number of aliphatic hydroxyl groups excluding tert-OH is 1. The summed E-state index contributed by atoms with van der Waals surface area (Å²) in [6.45, 7) is 2.25. The molecule has 1 heterocycles. The molecule has 0 aliphatic carbocycles. The third-order valence-electron chi connectivity index (χ3n) is 2.73. The Kier molecular flexibility index (Phi) is 5.30. The van der Waals surface area contributed by atoms with E-state index in [-0.39, 0.29) is 12.4 Å². The average Bonchev–Trinajstić information content (AvgIpc) is 2.47. The Morgan fingerprint density at radius 3 is 2.90 bits per heavy atom. The molecule has 0 aliphatic rings. The third kappa shape index (κ3) is 4.59. The number of nitrogens with zero attached hydrogens (tertiary/aromatic N) is 1. The first-order valence-corrected chi connectivity index (χ1v) is 6.61. The summed E-state index contributed by atoms with van der Waals surface area (Å²) >= 11 is 0. The zero-order valence-electron chi connectivity index (χ0n) is 11.8. The van der Waals surface area contributed by atoms with E-state index in [2.05, 4.69) is 16.8 Å². The molecule has 108 valence electrons. The van der Waals surface area contributed by atoms with Gasteiger partial charge in [-0.15, -0.1) is 0 Å². The zero-order chi connectivity index (χ0) is 15.1. The molecular formula is C17H16FNO2. The molecule has 2 rings (SSSR count). The summed E-state index contributed by atoms with van der Waals surface area (Å²) in [4.78, 5) is 4.09. The summed E-state index contributed by atoms with van der Waals surface area (Å²) in [6, 6.07) is 6.18. The Morgan fingerprint density at radius 1 is 1.29 bits per heavy atom. The Hall–Kier alpha value is -2.38. The first kappa shape index (κ1) is 15.0. The van der Waals surface area contributed by atoms with Crippen molar-refractivity contribution in [2.45, 2.75) is 20.0 Å². The molecule has 0 spiro atoms. The van der Waals surface area contributed by atoms with Crippen LogP contribution in [0.4, 0.5) is 4.39 Å². The summed E-state index contributed by atoms with van der Waals surface area (Å²) in [5.41, 5.74) is 2.55. The van der Waals surface area contributed by atoms with Gasteiger partial charge in [0.15, 0.2) is 0 Å². The fraction of sp³-hybridized carbons (Fsp3) is 0.235. The van der Waals surface area contributed by atoms with Crippen LogP contribution in [-0.2, 0) is 6.61 Å². The highest BCUT2D eigenvalue weighted by atomic mass is 19.1. The maximum atomic E-state index is 13.3. The van der Waals surface area contributed by atoms with Gasteiger partial charge in [-0.1, -0.05) is 11.8 Å². The molecule has 0 saturated carbocycles. The Bertz CT molecular complexity index is 674. The number of rotatable bonds is 4. The smallest absolute Gasteiger partial charge is 0.138 e. The van der Waals surface area contributed by atoms with Crippen molar-refractivity contribution in [1.82, 2.24) is 4.98 Å². The summed E-state index contributed by atoms with van der Waals surface area (Å²) in [6.07, 6.45) is 3.85. The molecule has 0 radical (unpaired) electrons. The zero-order valence-corrected chi connectivity index (χ0v) is 11.8. The highest BCUT2D eigenvalue weighted by Gasteiger charge is 2.04. The van der Waals surface area contributed by atoms with Crippen LogP contribution in [0.15, 0.2) is 36.7 Å². The maximum absolute atomic E-state index is 13.3. The van der Waals surface area contributed by atoms with Crippen molar-refractivity contribution in [2.75, 3.05) is 6.61 Å². The van der Waals surface area contributed by atoms with Gasteiger partial charge >= 0.3 is 0 Å². The number of aromatic nitrogens is 1. The van der Waals surface area contributed by atoms with Gasteiger partial charge in [0.2, 0.25) is 0 Å². The van der Waals surface area contributed by atoms with Crippen LogP contribution < -0.4 is 4.74 Å². The Labute approximate surface area is 123 Å². The minimum Gasteiger partial charge on any atom is -0.487 e. The van der Waals surface area contributed by atoms with Gasteiger partial charge in [0.25, 0.3) is 0 Å². The van der Waals surface area contributed by atoms with Crippen molar-refractivity contribution < 1.29 is 14.2 Å². The van der Waals surface area contributed by atoms with E-state index in [0.717, 1.165) is 11.1 Å². The van der Waals surface area contributed by atoms with E-state index in [1.165, 1.54) is 12.1 Å². The Balaban J connectivity index is 2.15. The summed E-state index contributed by atoms with van der Waals surface area (Å²) < 4.78 is 19.0. The fourth-order valence-electron chi connectivity index (χ4n) is 1.79. The second-order valence-electron chi connectivity index (χ2n) is 4.58. The van der Waals surface area contributed by atoms with Crippen LogP contribution >= 0.6 is 0 Å². The van der Waals surface area contributed by atoms with E-state index in [0.29, 0.717) is 24.3 Å². The second kappa shape index (κ2) is 7.41. The molecule has 0 bridgehead atoms. The number of hydrogen-bond acceptors (Lipinski definition) is 3. The molecule has 21 heavy (non-hydrogen) atoms. The number of aliphatic hydroxyl groups is 1. The topological polar surface area (TPSA) is 42.4 Å². The average molecular weight is 285 g/mol. The molecule has 1 aromatic heterocycles.